The van der Waals surface area contributed by atoms with Crippen LogP contribution in [-0.4, -0.2) is 19.6 Å². The highest BCUT2D eigenvalue weighted by atomic mass is 16.5. The maximum absolute atomic E-state index is 11.5. The second kappa shape index (κ2) is 5.71. The van der Waals surface area contributed by atoms with E-state index >= 15 is 0 Å². The van der Waals surface area contributed by atoms with Crippen LogP contribution in [0, 0.1) is 5.41 Å². The number of nitrogens with one attached hydrogen (secondary N) is 1. The number of carbonyl (C=O) groups is 1. The number of methoxy groups -OCH3 is 1. The van der Waals surface area contributed by atoms with Gasteiger partial charge in [0.1, 0.15) is 0 Å². The number of esters is 1. The van der Waals surface area contributed by atoms with E-state index in [1.165, 1.54) is 12.7 Å². The highest BCUT2D eigenvalue weighted by Gasteiger charge is 2.28. The summed E-state index contributed by atoms with van der Waals surface area (Å²) in [5.41, 5.74) is 1.83. The first kappa shape index (κ1) is 13.6. The SMILES string of the molecule is CCc1ccccc1NCC(C)(C)C(=O)OC. The molecule has 3 heteroatoms. The van der Waals surface area contributed by atoms with Gasteiger partial charge in [-0.15, -0.1) is 0 Å². The smallest absolute Gasteiger partial charge is 0.313 e. The third kappa shape index (κ3) is 3.48. The van der Waals surface area contributed by atoms with Crippen molar-refractivity contribution in [3.8, 4) is 0 Å². The predicted octanol–water partition coefficient (Wildman–Crippen LogP) is 2.86. The van der Waals surface area contributed by atoms with Crippen molar-refractivity contribution < 1.29 is 9.53 Å². The van der Waals surface area contributed by atoms with Gasteiger partial charge in [0, 0.05) is 12.2 Å². The maximum atomic E-state index is 11.5. The summed E-state index contributed by atoms with van der Waals surface area (Å²) in [5, 5.41) is 3.32. The first-order chi connectivity index (χ1) is 8.01. The molecule has 0 aliphatic carbocycles. The van der Waals surface area contributed by atoms with Crippen molar-refractivity contribution in [3.63, 3.8) is 0 Å². The minimum Gasteiger partial charge on any atom is -0.469 e. The number of ether oxygens (including phenoxy) is 1. The number of hydrogen-bond acceptors (Lipinski definition) is 3. The van der Waals surface area contributed by atoms with Crippen molar-refractivity contribution in [2.75, 3.05) is 19.0 Å². The summed E-state index contributed by atoms with van der Waals surface area (Å²) in [4.78, 5) is 11.5. The minimum absolute atomic E-state index is 0.195. The van der Waals surface area contributed by atoms with Gasteiger partial charge in [-0.3, -0.25) is 4.79 Å². The van der Waals surface area contributed by atoms with Crippen LogP contribution in [0.4, 0.5) is 5.69 Å². The molecule has 3 nitrogen and oxygen atoms in total. The third-order valence-corrected chi connectivity index (χ3v) is 2.86. The number of benzene rings is 1. The Kier molecular flexibility index (Phi) is 4.55. The number of carbonyl (C=O) groups excluding carboxylic acids is 1. The van der Waals surface area contributed by atoms with E-state index in [9.17, 15) is 4.79 Å². The van der Waals surface area contributed by atoms with Crippen LogP contribution in [0.25, 0.3) is 0 Å². The first-order valence-electron chi connectivity index (χ1n) is 5.91. The Morgan fingerprint density at radius 1 is 1.35 bits per heavy atom. The molecule has 0 unspecified atom stereocenters. The average Bonchev–Trinajstić information content (AvgIpc) is 2.35. The Balaban J connectivity index is 2.70. The summed E-state index contributed by atoms with van der Waals surface area (Å²) in [7, 11) is 1.42. The number of para-hydroxylation sites is 1. The zero-order valence-electron chi connectivity index (χ0n) is 11.0. The van der Waals surface area contributed by atoms with Crippen molar-refractivity contribution in [1.29, 1.82) is 0 Å². The van der Waals surface area contributed by atoms with Crippen molar-refractivity contribution >= 4 is 11.7 Å². The molecule has 1 N–H and O–H groups in total. The van der Waals surface area contributed by atoms with Gasteiger partial charge in [0.2, 0.25) is 0 Å². The maximum Gasteiger partial charge on any atom is 0.313 e. The molecule has 0 heterocycles. The third-order valence-electron chi connectivity index (χ3n) is 2.86. The lowest BCUT2D eigenvalue weighted by molar-refractivity contribution is -0.149. The van der Waals surface area contributed by atoms with E-state index in [1.807, 2.05) is 32.0 Å². The van der Waals surface area contributed by atoms with Gasteiger partial charge in [-0.25, -0.2) is 0 Å². The molecule has 1 rings (SSSR count). The van der Waals surface area contributed by atoms with E-state index in [4.69, 9.17) is 4.74 Å². The molecule has 0 atom stereocenters. The largest absolute Gasteiger partial charge is 0.469 e. The van der Waals surface area contributed by atoms with Gasteiger partial charge in [-0.2, -0.15) is 0 Å². The standard InChI is InChI=1S/C14H21NO2/c1-5-11-8-6-7-9-12(11)15-10-14(2,3)13(16)17-4/h6-9,15H,5,10H2,1-4H3. The molecule has 0 bridgehead atoms. The topological polar surface area (TPSA) is 38.3 Å². The predicted molar refractivity (Wildman–Crippen MR) is 70.1 cm³/mol. The molecule has 0 amide bonds. The number of hydrogen-bond donors (Lipinski definition) is 1. The van der Waals surface area contributed by atoms with Crippen molar-refractivity contribution in [1.82, 2.24) is 0 Å². The molecule has 0 fully saturated rings. The normalized spacial score (nSPS) is 11.1. The fourth-order valence-electron chi connectivity index (χ4n) is 1.67. The summed E-state index contributed by atoms with van der Waals surface area (Å²) in [5.74, 6) is -0.195. The number of rotatable bonds is 5. The zero-order valence-corrected chi connectivity index (χ0v) is 11.0. The highest BCUT2D eigenvalue weighted by molar-refractivity contribution is 5.76. The Labute approximate surface area is 103 Å². The molecule has 0 saturated carbocycles. The Morgan fingerprint density at radius 3 is 2.59 bits per heavy atom. The molecular weight excluding hydrogens is 214 g/mol. The van der Waals surface area contributed by atoms with Crippen LogP contribution in [-0.2, 0) is 16.0 Å². The van der Waals surface area contributed by atoms with Gasteiger partial charge in [-0.1, -0.05) is 25.1 Å². The molecule has 1 aromatic rings. The molecule has 0 aromatic heterocycles. The van der Waals surface area contributed by atoms with Gasteiger partial charge in [0.25, 0.3) is 0 Å². The fourth-order valence-corrected chi connectivity index (χ4v) is 1.67. The lowest BCUT2D eigenvalue weighted by Gasteiger charge is -2.23. The molecule has 94 valence electrons. The number of aryl methyl sites for hydroxylation is 1. The second-order valence-electron chi connectivity index (χ2n) is 4.74. The fraction of sp³-hybridized carbons (Fsp3) is 0.500. The van der Waals surface area contributed by atoms with Gasteiger partial charge >= 0.3 is 5.97 Å². The molecule has 17 heavy (non-hydrogen) atoms. The molecule has 0 radical (unpaired) electrons. The molecule has 0 spiro atoms. The molecule has 0 saturated heterocycles. The van der Waals surface area contributed by atoms with Crippen LogP contribution in [0.15, 0.2) is 24.3 Å². The zero-order chi connectivity index (χ0) is 12.9. The van der Waals surface area contributed by atoms with Crippen LogP contribution in [0.3, 0.4) is 0 Å². The van der Waals surface area contributed by atoms with Crippen LogP contribution >= 0.6 is 0 Å². The van der Waals surface area contributed by atoms with Crippen LogP contribution in [0.2, 0.25) is 0 Å². The van der Waals surface area contributed by atoms with Gasteiger partial charge in [-0.05, 0) is 31.9 Å². The molecule has 0 aliphatic rings. The van der Waals surface area contributed by atoms with E-state index < -0.39 is 5.41 Å². The Bertz CT molecular complexity index is 386. The summed E-state index contributed by atoms with van der Waals surface area (Å²) in [6.45, 7) is 6.43. The average molecular weight is 235 g/mol. The minimum atomic E-state index is -0.518. The molecule has 1 aromatic carbocycles. The van der Waals surface area contributed by atoms with Crippen molar-refractivity contribution in [2.45, 2.75) is 27.2 Å². The van der Waals surface area contributed by atoms with Gasteiger partial charge in [0.05, 0.1) is 12.5 Å². The van der Waals surface area contributed by atoms with E-state index in [2.05, 4.69) is 18.3 Å². The lowest BCUT2D eigenvalue weighted by atomic mass is 9.93. The number of anilines is 1. The summed E-state index contributed by atoms with van der Waals surface area (Å²) in [6.07, 6.45) is 0.974. The Morgan fingerprint density at radius 2 is 2.00 bits per heavy atom. The lowest BCUT2D eigenvalue weighted by Crippen LogP contribution is -2.33. The molecule has 0 aliphatic heterocycles. The van der Waals surface area contributed by atoms with E-state index in [0.29, 0.717) is 6.54 Å². The Hall–Kier alpha value is -1.51. The van der Waals surface area contributed by atoms with Crippen molar-refractivity contribution in [2.24, 2.45) is 5.41 Å². The first-order valence-corrected chi connectivity index (χ1v) is 5.91. The quantitative estimate of drug-likeness (QED) is 0.797. The van der Waals surface area contributed by atoms with Gasteiger partial charge in [0.15, 0.2) is 0 Å². The van der Waals surface area contributed by atoms with E-state index in [0.717, 1.165) is 12.1 Å². The summed E-state index contributed by atoms with van der Waals surface area (Å²) >= 11 is 0. The molecular formula is C14H21NO2. The van der Waals surface area contributed by atoms with Crippen LogP contribution < -0.4 is 5.32 Å². The highest BCUT2D eigenvalue weighted by Crippen LogP contribution is 2.21. The summed E-state index contributed by atoms with van der Waals surface area (Å²) < 4.78 is 4.78. The summed E-state index contributed by atoms with van der Waals surface area (Å²) in [6, 6.07) is 8.14. The van der Waals surface area contributed by atoms with Crippen molar-refractivity contribution in [3.05, 3.63) is 29.8 Å². The van der Waals surface area contributed by atoms with Crippen LogP contribution in [0.1, 0.15) is 26.3 Å². The second-order valence-corrected chi connectivity index (χ2v) is 4.74. The van der Waals surface area contributed by atoms with E-state index in [-0.39, 0.29) is 5.97 Å². The van der Waals surface area contributed by atoms with Crippen LogP contribution in [0.5, 0.6) is 0 Å². The monoisotopic (exact) mass is 235 g/mol. The van der Waals surface area contributed by atoms with E-state index in [1.54, 1.807) is 0 Å². The van der Waals surface area contributed by atoms with Gasteiger partial charge < -0.3 is 10.1 Å².